The fraction of sp³-hybridized carbons (Fsp3) is 0.333. The van der Waals surface area contributed by atoms with Gasteiger partial charge in [-0.2, -0.15) is 8.78 Å². The van der Waals surface area contributed by atoms with E-state index in [-0.39, 0.29) is 5.13 Å². The van der Waals surface area contributed by atoms with Crippen molar-refractivity contribution in [2.24, 2.45) is 0 Å². The molecule has 7 heteroatoms. The number of alkyl halides is 3. The number of aryl methyl sites for hydroxylation is 1. The van der Waals surface area contributed by atoms with E-state index in [1.807, 2.05) is 21.2 Å². The molecule has 0 saturated heterocycles. The van der Waals surface area contributed by atoms with Crippen LogP contribution in [0.2, 0.25) is 0 Å². The summed E-state index contributed by atoms with van der Waals surface area (Å²) in [5, 5.41) is 2.14. The largest absolute Gasteiger partial charge is 0.378 e. The Labute approximate surface area is 85.3 Å². The quantitative estimate of drug-likeness (QED) is 0.839. The predicted molar refractivity (Wildman–Crippen MR) is 49.4 cm³/mol. The topological polar surface area (TPSA) is 42.0 Å². The predicted octanol–water partition coefficient (Wildman–Crippen LogP) is 2.38. The summed E-state index contributed by atoms with van der Waals surface area (Å²) in [5.41, 5.74) is 0. The van der Waals surface area contributed by atoms with Gasteiger partial charge in [0.1, 0.15) is 0 Å². The molecule has 0 bridgehead atoms. The Morgan fingerprint density at radius 3 is 2.77 bits per heavy atom. The summed E-state index contributed by atoms with van der Waals surface area (Å²) >= 11 is 3.07. The Kier molecular flexibility index (Phi) is 2.97. The van der Waals surface area contributed by atoms with Gasteiger partial charge >= 0.3 is 10.7 Å². The molecule has 1 N–H and O–H groups in total. The van der Waals surface area contributed by atoms with E-state index in [2.05, 4.69) is 4.98 Å². The van der Waals surface area contributed by atoms with Crippen molar-refractivity contribution >= 4 is 38.3 Å². The number of hydrogen-bond donors (Lipinski definition) is 1. The number of hydrogen-bond acceptors (Lipinski definition) is 3. The highest BCUT2D eigenvalue weighted by Crippen LogP contribution is 2.25. The fourth-order valence-corrected chi connectivity index (χ4v) is 1.34. The molecule has 0 aliphatic heterocycles. The third-order valence-corrected chi connectivity index (χ3v) is 2.29. The van der Waals surface area contributed by atoms with Gasteiger partial charge in [0.25, 0.3) is 0 Å². The molecule has 0 aliphatic rings. The number of nitrogens with zero attached hydrogens (tertiary/aromatic N) is 1. The second-order valence-corrected chi connectivity index (χ2v) is 4.46. The summed E-state index contributed by atoms with van der Waals surface area (Å²) in [6, 6.07) is 0. The minimum absolute atomic E-state index is 0.168. The van der Waals surface area contributed by atoms with Crippen LogP contribution in [0.4, 0.5) is 13.9 Å². The summed E-state index contributed by atoms with van der Waals surface area (Å²) in [4.78, 5) is 11.7. The summed E-state index contributed by atoms with van der Waals surface area (Å²) in [6.07, 6.45) is 1.49. The smallest absolute Gasteiger partial charge is 0.296 e. The molecule has 0 radical (unpaired) electrons. The van der Waals surface area contributed by atoms with Crippen LogP contribution < -0.4 is 5.32 Å². The zero-order valence-corrected chi connectivity index (χ0v) is 8.88. The van der Waals surface area contributed by atoms with Crippen molar-refractivity contribution in [3.8, 4) is 0 Å². The lowest BCUT2D eigenvalue weighted by Gasteiger charge is -2.05. The van der Waals surface area contributed by atoms with Crippen LogP contribution >= 0.6 is 27.3 Å². The lowest BCUT2D eigenvalue weighted by molar-refractivity contribution is -0.128. The Bertz CT molecular complexity index is 323. The molecular weight excluding hydrogens is 266 g/mol. The lowest BCUT2D eigenvalue weighted by atomic mass is 10.6. The van der Waals surface area contributed by atoms with Gasteiger partial charge in [-0.1, -0.05) is 0 Å². The second-order valence-electron chi connectivity index (χ2n) is 2.23. The first-order valence-corrected chi connectivity index (χ1v) is 4.81. The standard InChI is InChI=1S/C6H5BrF2N2OS/c1-3-2-10-5(13-3)11-4(12)6(7,8)9/h2H,1H3,(H,10,11,12). The van der Waals surface area contributed by atoms with Gasteiger partial charge in [0.15, 0.2) is 5.13 Å². The zero-order chi connectivity index (χ0) is 10.1. The molecule has 0 spiro atoms. The van der Waals surface area contributed by atoms with Crippen LogP contribution in [-0.4, -0.2) is 15.7 Å². The van der Waals surface area contributed by atoms with Crippen molar-refractivity contribution < 1.29 is 13.6 Å². The lowest BCUT2D eigenvalue weighted by Crippen LogP contribution is -2.28. The Morgan fingerprint density at radius 2 is 2.38 bits per heavy atom. The van der Waals surface area contributed by atoms with Gasteiger partial charge in [-0.3, -0.25) is 10.1 Å². The monoisotopic (exact) mass is 270 g/mol. The molecule has 13 heavy (non-hydrogen) atoms. The molecule has 1 aromatic rings. The van der Waals surface area contributed by atoms with Crippen LogP contribution in [0.5, 0.6) is 0 Å². The first-order chi connectivity index (χ1) is 5.89. The molecule has 1 aromatic heterocycles. The van der Waals surface area contributed by atoms with E-state index in [9.17, 15) is 13.6 Å². The summed E-state index contributed by atoms with van der Waals surface area (Å²) < 4.78 is 24.6. The van der Waals surface area contributed by atoms with E-state index >= 15 is 0 Å². The zero-order valence-electron chi connectivity index (χ0n) is 6.47. The van der Waals surface area contributed by atoms with Crippen molar-refractivity contribution in [2.75, 3.05) is 5.32 Å². The third-order valence-electron chi connectivity index (χ3n) is 1.10. The minimum atomic E-state index is -3.55. The summed E-state index contributed by atoms with van der Waals surface area (Å²) in [7, 11) is 0. The molecule has 0 saturated carbocycles. The van der Waals surface area contributed by atoms with Crippen LogP contribution in [0.3, 0.4) is 0 Å². The van der Waals surface area contributed by atoms with Crippen molar-refractivity contribution in [2.45, 2.75) is 11.8 Å². The van der Waals surface area contributed by atoms with E-state index in [1.54, 1.807) is 6.92 Å². The number of carbonyl (C=O) groups is 1. The summed E-state index contributed by atoms with van der Waals surface area (Å²) in [6.45, 7) is 1.76. The highest BCUT2D eigenvalue weighted by Gasteiger charge is 2.35. The van der Waals surface area contributed by atoms with Gasteiger partial charge in [0, 0.05) is 27.0 Å². The van der Waals surface area contributed by atoms with Crippen molar-refractivity contribution in [1.82, 2.24) is 4.98 Å². The normalized spacial score (nSPS) is 11.4. The molecule has 0 aromatic carbocycles. The van der Waals surface area contributed by atoms with Crippen LogP contribution in [0.15, 0.2) is 6.20 Å². The average molecular weight is 271 g/mol. The number of anilines is 1. The number of nitrogens with one attached hydrogen (secondary N) is 1. The number of halogens is 3. The van der Waals surface area contributed by atoms with Gasteiger partial charge < -0.3 is 0 Å². The Morgan fingerprint density at radius 1 is 1.77 bits per heavy atom. The van der Waals surface area contributed by atoms with E-state index in [0.717, 1.165) is 16.2 Å². The SMILES string of the molecule is Cc1cnc(NC(=O)C(F)(F)Br)s1. The molecule has 0 unspecified atom stereocenters. The number of rotatable bonds is 2. The minimum Gasteiger partial charge on any atom is -0.296 e. The third kappa shape index (κ3) is 3.00. The molecular formula is C6H5BrF2N2OS. The van der Waals surface area contributed by atoms with Gasteiger partial charge in [0.05, 0.1) is 0 Å². The van der Waals surface area contributed by atoms with Crippen LogP contribution in [0, 0.1) is 6.92 Å². The molecule has 72 valence electrons. The number of carbonyl (C=O) groups excluding carboxylic acids is 1. The number of thiazole rings is 1. The van der Waals surface area contributed by atoms with E-state index in [1.165, 1.54) is 6.20 Å². The maximum Gasteiger partial charge on any atom is 0.378 e. The second kappa shape index (κ2) is 3.67. The van der Waals surface area contributed by atoms with Crippen LogP contribution in [-0.2, 0) is 4.79 Å². The van der Waals surface area contributed by atoms with E-state index < -0.39 is 10.7 Å². The number of aromatic nitrogens is 1. The van der Waals surface area contributed by atoms with E-state index in [4.69, 9.17) is 0 Å². The maximum atomic E-state index is 12.3. The molecule has 0 atom stereocenters. The molecule has 3 nitrogen and oxygen atoms in total. The maximum absolute atomic E-state index is 12.3. The highest BCUT2D eigenvalue weighted by atomic mass is 79.9. The van der Waals surface area contributed by atoms with Gasteiger partial charge in [-0.15, -0.1) is 11.3 Å². The summed E-state index contributed by atoms with van der Waals surface area (Å²) in [5.74, 6) is -1.41. The molecule has 0 fully saturated rings. The first-order valence-electron chi connectivity index (χ1n) is 3.20. The first kappa shape index (κ1) is 10.5. The van der Waals surface area contributed by atoms with Crippen molar-refractivity contribution in [3.05, 3.63) is 11.1 Å². The van der Waals surface area contributed by atoms with Crippen LogP contribution in [0.1, 0.15) is 4.88 Å². The molecule has 1 heterocycles. The van der Waals surface area contributed by atoms with Crippen molar-refractivity contribution in [3.63, 3.8) is 0 Å². The molecule has 1 amide bonds. The van der Waals surface area contributed by atoms with E-state index in [0.29, 0.717) is 0 Å². The van der Waals surface area contributed by atoms with Gasteiger partial charge in [-0.25, -0.2) is 4.98 Å². The van der Waals surface area contributed by atoms with Gasteiger partial charge in [-0.05, 0) is 6.92 Å². The molecule has 1 rings (SSSR count). The van der Waals surface area contributed by atoms with Crippen LogP contribution in [0.25, 0.3) is 0 Å². The fourth-order valence-electron chi connectivity index (χ4n) is 0.581. The Hall–Kier alpha value is -0.560. The highest BCUT2D eigenvalue weighted by molar-refractivity contribution is 9.10. The number of amides is 1. The van der Waals surface area contributed by atoms with Crippen molar-refractivity contribution in [1.29, 1.82) is 0 Å². The molecule has 0 aliphatic carbocycles. The average Bonchev–Trinajstić information content (AvgIpc) is 2.33. The Balaban J connectivity index is 2.65. The van der Waals surface area contributed by atoms with Gasteiger partial charge in [0.2, 0.25) is 0 Å².